The molecule has 1 aromatic carbocycles. The standard InChI is InChI=1S/C10H9BrN2.ClH/c1-13-7-9(6-12-13)8-3-2-4-10(11)5-8;/h2-7H,1H3;1H. The minimum absolute atomic E-state index is 0. The van der Waals surface area contributed by atoms with Crippen LogP contribution in [0.2, 0.25) is 0 Å². The Morgan fingerprint density at radius 2 is 2.07 bits per heavy atom. The van der Waals surface area contributed by atoms with Crippen LogP contribution in [0.15, 0.2) is 41.1 Å². The van der Waals surface area contributed by atoms with Gasteiger partial charge in [0, 0.05) is 23.3 Å². The lowest BCUT2D eigenvalue weighted by Gasteiger charge is -1.96. The summed E-state index contributed by atoms with van der Waals surface area (Å²) < 4.78 is 2.89. The Kier molecular flexibility index (Phi) is 3.72. The molecule has 4 heteroatoms. The normalized spacial score (nSPS) is 9.57. The van der Waals surface area contributed by atoms with Crippen molar-refractivity contribution in [2.45, 2.75) is 0 Å². The second-order valence-corrected chi connectivity index (χ2v) is 3.83. The van der Waals surface area contributed by atoms with Crippen molar-refractivity contribution >= 4 is 28.3 Å². The van der Waals surface area contributed by atoms with Crippen LogP contribution in [0.3, 0.4) is 0 Å². The van der Waals surface area contributed by atoms with Crippen LogP contribution in [0.5, 0.6) is 0 Å². The van der Waals surface area contributed by atoms with E-state index in [9.17, 15) is 0 Å². The van der Waals surface area contributed by atoms with Crippen molar-refractivity contribution in [2.75, 3.05) is 0 Å². The largest absolute Gasteiger partial charge is 0.275 e. The average Bonchev–Trinajstić information content (AvgIpc) is 2.52. The molecule has 0 atom stereocenters. The van der Waals surface area contributed by atoms with Gasteiger partial charge in [-0.05, 0) is 17.7 Å². The summed E-state index contributed by atoms with van der Waals surface area (Å²) in [5, 5.41) is 4.12. The predicted molar refractivity (Wildman–Crippen MR) is 63.6 cm³/mol. The number of aromatic nitrogens is 2. The van der Waals surface area contributed by atoms with Crippen molar-refractivity contribution < 1.29 is 0 Å². The summed E-state index contributed by atoms with van der Waals surface area (Å²) in [5.41, 5.74) is 2.33. The second kappa shape index (κ2) is 4.62. The summed E-state index contributed by atoms with van der Waals surface area (Å²) in [7, 11) is 1.92. The summed E-state index contributed by atoms with van der Waals surface area (Å²) in [4.78, 5) is 0. The van der Waals surface area contributed by atoms with Gasteiger partial charge < -0.3 is 0 Å². The van der Waals surface area contributed by atoms with E-state index in [1.54, 1.807) is 4.68 Å². The zero-order valence-electron chi connectivity index (χ0n) is 7.64. The maximum absolute atomic E-state index is 4.12. The van der Waals surface area contributed by atoms with Crippen LogP contribution in [-0.4, -0.2) is 9.78 Å². The van der Waals surface area contributed by atoms with E-state index < -0.39 is 0 Å². The summed E-state index contributed by atoms with van der Waals surface area (Å²) in [6, 6.07) is 8.19. The Morgan fingerprint density at radius 1 is 1.29 bits per heavy atom. The van der Waals surface area contributed by atoms with Crippen molar-refractivity contribution in [1.82, 2.24) is 9.78 Å². The lowest BCUT2D eigenvalue weighted by molar-refractivity contribution is 0.768. The van der Waals surface area contributed by atoms with Gasteiger partial charge in [-0.2, -0.15) is 5.10 Å². The molecule has 1 aromatic heterocycles. The highest BCUT2D eigenvalue weighted by Gasteiger charge is 1.99. The van der Waals surface area contributed by atoms with Crippen molar-refractivity contribution in [3.63, 3.8) is 0 Å². The Morgan fingerprint density at radius 3 is 2.64 bits per heavy atom. The molecule has 1 heterocycles. The predicted octanol–water partition coefficient (Wildman–Crippen LogP) is 3.27. The summed E-state index contributed by atoms with van der Waals surface area (Å²) in [5.74, 6) is 0. The van der Waals surface area contributed by atoms with Gasteiger partial charge in [0.1, 0.15) is 0 Å². The zero-order chi connectivity index (χ0) is 9.26. The smallest absolute Gasteiger partial charge is 0.0568 e. The van der Waals surface area contributed by atoms with Crippen molar-refractivity contribution in [3.8, 4) is 11.1 Å². The lowest BCUT2D eigenvalue weighted by Crippen LogP contribution is -1.84. The van der Waals surface area contributed by atoms with E-state index in [0.717, 1.165) is 10.0 Å². The van der Waals surface area contributed by atoms with Crippen molar-refractivity contribution in [3.05, 3.63) is 41.1 Å². The van der Waals surface area contributed by atoms with E-state index in [1.165, 1.54) is 5.56 Å². The first kappa shape index (κ1) is 11.3. The van der Waals surface area contributed by atoms with E-state index in [1.807, 2.05) is 31.6 Å². The molecule has 2 rings (SSSR count). The van der Waals surface area contributed by atoms with Crippen LogP contribution >= 0.6 is 28.3 Å². The van der Waals surface area contributed by atoms with Gasteiger partial charge in [0.25, 0.3) is 0 Å². The van der Waals surface area contributed by atoms with Crippen molar-refractivity contribution in [2.24, 2.45) is 7.05 Å². The van der Waals surface area contributed by atoms with Gasteiger partial charge in [-0.1, -0.05) is 28.1 Å². The third kappa shape index (κ3) is 2.36. The van der Waals surface area contributed by atoms with Crippen molar-refractivity contribution in [1.29, 1.82) is 0 Å². The quantitative estimate of drug-likeness (QED) is 0.780. The molecule has 0 saturated carbocycles. The third-order valence-corrected chi connectivity index (χ3v) is 2.36. The van der Waals surface area contributed by atoms with Crippen LogP contribution in [0.25, 0.3) is 11.1 Å². The topological polar surface area (TPSA) is 17.8 Å². The molecule has 14 heavy (non-hydrogen) atoms. The fraction of sp³-hybridized carbons (Fsp3) is 0.100. The van der Waals surface area contributed by atoms with Crippen LogP contribution in [0.1, 0.15) is 0 Å². The first-order valence-electron chi connectivity index (χ1n) is 4.00. The maximum Gasteiger partial charge on any atom is 0.0568 e. The molecule has 0 aliphatic carbocycles. The fourth-order valence-electron chi connectivity index (χ4n) is 1.24. The summed E-state index contributed by atoms with van der Waals surface area (Å²) in [6.45, 7) is 0. The molecule has 0 fully saturated rings. The fourth-order valence-corrected chi connectivity index (χ4v) is 1.64. The highest BCUT2D eigenvalue weighted by molar-refractivity contribution is 9.10. The third-order valence-electron chi connectivity index (χ3n) is 1.86. The highest BCUT2D eigenvalue weighted by Crippen LogP contribution is 2.21. The maximum atomic E-state index is 4.12. The molecular formula is C10H10BrClN2. The van der Waals surface area contributed by atoms with Crippen LogP contribution in [0, 0.1) is 0 Å². The number of halogens is 2. The van der Waals surface area contributed by atoms with E-state index in [4.69, 9.17) is 0 Å². The number of hydrogen-bond donors (Lipinski definition) is 0. The van der Waals surface area contributed by atoms with E-state index >= 15 is 0 Å². The van der Waals surface area contributed by atoms with Crippen LogP contribution < -0.4 is 0 Å². The van der Waals surface area contributed by atoms with Gasteiger partial charge >= 0.3 is 0 Å². The molecule has 0 saturated heterocycles. The highest BCUT2D eigenvalue weighted by atomic mass is 79.9. The Bertz CT molecular complexity index is 426. The van der Waals surface area contributed by atoms with Gasteiger partial charge in [0.2, 0.25) is 0 Å². The first-order valence-corrected chi connectivity index (χ1v) is 4.79. The van der Waals surface area contributed by atoms with Gasteiger partial charge in [0.15, 0.2) is 0 Å². The number of aryl methyl sites for hydroxylation is 1. The molecule has 0 N–H and O–H groups in total. The molecule has 0 unspecified atom stereocenters. The SMILES string of the molecule is Cl.Cn1cc(-c2cccc(Br)c2)cn1. The summed E-state index contributed by atoms with van der Waals surface area (Å²) in [6.07, 6.45) is 3.86. The second-order valence-electron chi connectivity index (χ2n) is 2.91. The molecule has 0 spiro atoms. The molecule has 0 amide bonds. The van der Waals surface area contributed by atoms with E-state index in [2.05, 4.69) is 33.2 Å². The minimum atomic E-state index is 0. The molecular weight excluding hydrogens is 263 g/mol. The Hall–Kier alpha value is -0.800. The molecule has 2 nitrogen and oxygen atoms in total. The monoisotopic (exact) mass is 272 g/mol. The lowest BCUT2D eigenvalue weighted by atomic mass is 10.1. The van der Waals surface area contributed by atoms with Gasteiger partial charge in [-0.15, -0.1) is 12.4 Å². The average molecular weight is 274 g/mol. The molecule has 0 aliphatic heterocycles. The van der Waals surface area contributed by atoms with Crippen LogP contribution in [-0.2, 0) is 7.05 Å². The van der Waals surface area contributed by atoms with Gasteiger partial charge in [-0.3, -0.25) is 4.68 Å². The van der Waals surface area contributed by atoms with Gasteiger partial charge in [0.05, 0.1) is 6.20 Å². The molecule has 2 aromatic rings. The molecule has 74 valence electrons. The number of rotatable bonds is 1. The first-order chi connectivity index (χ1) is 6.25. The summed E-state index contributed by atoms with van der Waals surface area (Å²) >= 11 is 3.44. The van der Waals surface area contributed by atoms with Crippen LogP contribution in [0.4, 0.5) is 0 Å². The molecule has 0 bridgehead atoms. The zero-order valence-corrected chi connectivity index (χ0v) is 10.0. The van der Waals surface area contributed by atoms with Gasteiger partial charge in [-0.25, -0.2) is 0 Å². The minimum Gasteiger partial charge on any atom is -0.275 e. The molecule has 0 radical (unpaired) electrons. The van der Waals surface area contributed by atoms with E-state index in [0.29, 0.717) is 0 Å². The van der Waals surface area contributed by atoms with E-state index in [-0.39, 0.29) is 12.4 Å². The number of benzene rings is 1. The Balaban J connectivity index is 0.000000980. The number of hydrogen-bond acceptors (Lipinski definition) is 1. The molecule has 0 aliphatic rings. The number of nitrogens with zero attached hydrogens (tertiary/aromatic N) is 2. The Labute approximate surface area is 97.5 Å².